The molecule has 17 nitrogen and oxygen atoms in total. The molecule has 2 saturated carbocycles. The summed E-state index contributed by atoms with van der Waals surface area (Å²) in [6.45, 7) is 35.7. The second kappa shape index (κ2) is 32.7. The summed E-state index contributed by atoms with van der Waals surface area (Å²) in [4.78, 5) is 128. The number of carbonyl (C=O) groups is 8. The van der Waals surface area contributed by atoms with Crippen molar-refractivity contribution in [2.45, 2.75) is 209 Å². The first-order valence-corrected chi connectivity index (χ1v) is 41.5. The lowest BCUT2D eigenvalue weighted by Crippen LogP contribution is -2.52. The lowest BCUT2D eigenvalue weighted by atomic mass is 9.80. The number of nitrogens with one attached hydrogen (secondary N) is 3. The van der Waals surface area contributed by atoms with Gasteiger partial charge in [-0.3, -0.25) is 48.2 Å². The number of fused-ring (bicyclic) bond motifs is 2. The quantitative estimate of drug-likeness (QED) is 0.0211. The predicted molar refractivity (Wildman–Crippen MR) is 464 cm³/mol. The molecule has 4 aliphatic rings. The van der Waals surface area contributed by atoms with Crippen LogP contribution >= 0.6 is 0 Å². The van der Waals surface area contributed by atoms with Crippen LogP contribution in [0.5, 0.6) is 46.0 Å². The van der Waals surface area contributed by atoms with Gasteiger partial charge in [0.15, 0.2) is 5.78 Å². The summed E-state index contributed by atoms with van der Waals surface area (Å²) in [5.41, 5.74) is 8.65. The van der Waals surface area contributed by atoms with Crippen LogP contribution < -0.4 is 34.9 Å². The van der Waals surface area contributed by atoms with E-state index in [0.29, 0.717) is 105 Å². The first-order valence-electron chi connectivity index (χ1n) is 41.5. The van der Waals surface area contributed by atoms with E-state index in [-0.39, 0.29) is 121 Å². The number of imide groups is 2. The molecule has 604 valence electrons. The van der Waals surface area contributed by atoms with Gasteiger partial charge in [-0.15, -0.1) is 0 Å². The van der Waals surface area contributed by atoms with E-state index in [1.807, 2.05) is 76.2 Å². The number of benzene rings is 11. The predicted octanol–water partition coefficient (Wildman–Crippen LogP) is 22.6. The van der Waals surface area contributed by atoms with Crippen LogP contribution in [0.1, 0.15) is 260 Å². The van der Waals surface area contributed by atoms with E-state index in [1.54, 1.807) is 98.8 Å². The second-order valence-corrected chi connectivity index (χ2v) is 34.4. The normalized spacial score (nSPS) is 17.3. The van der Waals surface area contributed by atoms with Crippen molar-refractivity contribution in [1.29, 1.82) is 0 Å². The van der Waals surface area contributed by atoms with Crippen molar-refractivity contribution in [3.05, 3.63) is 260 Å². The summed E-state index contributed by atoms with van der Waals surface area (Å²) in [7, 11) is 0. The molecule has 3 N–H and O–H groups in total. The third-order valence-electron chi connectivity index (χ3n) is 24.4. The highest BCUT2D eigenvalue weighted by atomic mass is 16.5. The van der Waals surface area contributed by atoms with Crippen molar-refractivity contribution in [2.75, 3.05) is 0 Å². The summed E-state index contributed by atoms with van der Waals surface area (Å²) in [6, 6.07) is 43.5. The Kier molecular flexibility index (Phi) is 22.4. The van der Waals surface area contributed by atoms with Crippen LogP contribution in [0.4, 0.5) is 0 Å². The van der Waals surface area contributed by atoms with Crippen LogP contribution in [0, 0.1) is 33.6 Å². The summed E-state index contributed by atoms with van der Waals surface area (Å²) in [6.07, 6.45) is 5.18. The molecule has 2 heterocycles. The molecule has 17 heteroatoms. The first-order chi connectivity index (χ1) is 56.4. The van der Waals surface area contributed by atoms with Gasteiger partial charge in [-0.25, -0.2) is 0 Å². The molecule has 0 radical (unpaired) electrons. The number of carbonyl (C=O) groups excluding carboxylic acids is 8. The van der Waals surface area contributed by atoms with Crippen molar-refractivity contribution in [3.63, 3.8) is 0 Å². The lowest BCUT2D eigenvalue weighted by Gasteiger charge is -2.37. The van der Waals surface area contributed by atoms with E-state index < -0.39 is 59.6 Å². The van der Waals surface area contributed by atoms with Gasteiger partial charge in [-0.2, -0.15) is 0 Å². The van der Waals surface area contributed by atoms with E-state index in [0.717, 1.165) is 67.1 Å². The molecule has 6 unspecified atom stereocenters. The number of rotatable bonds is 25. The maximum Gasteiger partial charge on any atom is 0.262 e. The van der Waals surface area contributed by atoms with Crippen molar-refractivity contribution < 1.29 is 57.3 Å². The molecule has 2 aliphatic heterocycles. The number of ether oxygens (including phenoxy) is 4. The molecule has 0 saturated heterocycles. The van der Waals surface area contributed by atoms with Gasteiger partial charge in [0.1, 0.15) is 58.1 Å². The first kappa shape index (κ1) is 80.9. The molecule has 11 aromatic rings. The van der Waals surface area contributed by atoms with Gasteiger partial charge in [-0.1, -0.05) is 184 Å². The average molecular weight is 1580 g/mol. The van der Waals surface area contributed by atoms with Gasteiger partial charge in [0.2, 0.25) is 17.7 Å². The molecular weight excluding hydrogens is 1480 g/mol. The maximum atomic E-state index is 17.0. The molecule has 11 aromatic carbocycles. The monoisotopic (exact) mass is 1580 g/mol. The lowest BCUT2D eigenvalue weighted by molar-refractivity contribution is -0.127. The Bertz CT molecular complexity index is 5370. The smallest absolute Gasteiger partial charge is 0.262 e. The number of allylic oxidation sites excluding steroid dienone is 1. The Morgan fingerprint density at radius 1 is 0.364 bits per heavy atom. The van der Waals surface area contributed by atoms with E-state index in [4.69, 9.17) is 18.9 Å². The molecule has 15 rings (SSSR count). The minimum absolute atomic E-state index is 0.000603. The largest absolute Gasteiger partial charge is 0.456 e. The van der Waals surface area contributed by atoms with Gasteiger partial charge in [0, 0.05) is 73.2 Å². The van der Waals surface area contributed by atoms with Crippen LogP contribution in [-0.2, 0) is 19.2 Å². The van der Waals surface area contributed by atoms with Crippen molar-refractivity contribution in [1.82, 2.24) is 25.8 Å². The minimum Gasteiger partial charge on any atom is -0.456 e. The van der Waals surface area contributed by atoms with Crippen LogP contribution in [0.3, 0.4) is 0 Å². The molecule has 2 fully saturated rings. The molecular formula is C101H103N5O12. The van der Waals surface area contributed by atoms with Crippen molar-refractivity contribution in [3.8, 4) is 46.0 Å². The van der Waals surface area contributed by atoms with Gasteiger partial charge < -0.3 is 34.9 Å². The fourth-order valence-electron chi connectivity index (χ4n) is 17.9. The average Bonchev–Trinajstić information content (AvgIpc) is 0.669. The van der Waals surface area contributed by atoms with Crippen LogP contribution in [-0.4, -0.2) is 75.1 Å². The Balaban J connectivity index is 1.07. The van der Waals surface area contributed by atoms with Crippen molar-refractivity contribution >= 4 is 90.2 Å². The standard InChI is InChI=1S/C101H103N5O12/c1-52(2)65-33-37-77(58(13)41-65)115-81-48-72-85-73(99(112)105(98(72)111)93(63-26-19-17-20-27-63)96(109)103-69-30-23-25-62(45-69)46-76(107)56(9)10)49-82(116-78-38-34-66(53(3)4)42-59(78)14)88-90-84(118-80-40-36-68(55(7)8)44-61(80)16)51-75-86-74(50-83(89(92(86)90)87(81)91(85)88)117-79-39-35-67(54(5)6)43-60(79)15)100(113)106(101(75)114)94(64-28-21-18-22-29-64)97(110)104-71-32-24-31-70(47-71)102-95(108)57(11)12/h17-22,26-29,33-44,48-55,62,69-71,93-94H,9,11,23-25,30-32,45-47H2,1-8,10,12-16H3,(H,102,108)(H,103,109)(H,104,110). The van der Waals surface area contributed by atoms with Crippen LogP contribution in [0.25, 0.3) is 43.1 Å². The second-order valence-electron chi connectivity index (χ2n) is 34.4. The summed E-state index contributed by atoms with van der Waals surface area (Å²) >= 11 is 0. The zero-order valence-electron chi connectivity index (χ0n) is 69.9. The molecule has 7 amide bonds. The third kappa shape index (κ3) is 15.3. The SMILES string of the molecule is C=C(C)C(=O)CC1CCCC(NC(=O)C(c2ccccc2)N2C(=O)c3cc(Oc4ccc(C(C)C)cc4C)c4c5c(Oc6ccc(C(C)C)cc6C)cc6c7c(cc(Oc8ccc(C(C)C)cc8C)c(c8c(Oc9ccc(C(C)C)cc9C)cc(c3c48)C2=O)c75)C(=O)N(C(C(=O)NC2CCCC(NC(=O)C(=C)C)C2)c2ccccc2)C6=O)C1. The molecule has 118 heavy (non-hydrogen) atoms. The fourth-order valence-corrected chi connectivity index (χ4v) is 17.9. The molecule has 2 aliphatic carbocycles. The number of aryl methyl sites for hydroxylation is 4. The van der Waals surface area contributed by atoms with E-state index >= 15 is 28.8 Å². The molecule has 0 bridgehead atoms. The molecule has 6 atom stereocenters. The molecule has 0 spiro atoms. The van der Waals surface area contributed by atoms with Gasteiger partial charge in [-0.05, 0) is 226 Å². The molecule has 0 aromatic heterocycles. The van der Waals surface area contributed by atoms with Gasteiger partial charge in [0.05, 0.1) is 22.3 Å². The summed E-state index contributed by atoms with van der Waals surface area (Å²) < 4.78 is 30.4. The minimum atomic E-state index is -1.56. The third-order valence-corrected chi connectivity index (χ3v) is 24.4. The number of hydrogen-bond donors (Lipinski definition) is 3. The number of Topliss-reactive ketones (excluding diaryl/α,β-unsaturated/α-hetero) is 1. The highest BCUT2D eigenvalue weighted by Crippen LogP contribution is 2.59. The van der Waals surface area contributed by atoms with Crippen molar-refractivity contribution in [2.24, 2.45) is 5.92 Å². The zero-order valence-corrected chi connectivity index (χ0v) is 69.9. The maximum absolute atomic E-state index is 17.0. The van der Waals surface area contributed by atoms with Gasteiger partial charge >= 0.3 is 0 Å². The Morgan fingerprint density at radius 3 is 0.966 bits per heavy atom. The van der Waals surface area contributed by atoms with E-state index in [9.17, 15) is 9.59 Å². The van der Waals surface area contributed by atoms with E-state index in [2.05, 4.69) is 109 Å². The van der Waals surface area contributed by atoms with Gasteiger partial charge in [0.25, 0.3) is 23.6 Å². The highest BCUT2D eigenvalue weighted by molar-refractivity contribution is 6.45. The number of nitrogens with zero attached hydrogens (tertiary/aromatic N) is 2. The zero-order chi connectivity index (χ0) is 83.7. The fraction of sp³-hybridized carbons (Fsp3) is 0.327. The Hall–Kier alpha value is -12.2. The summed E-state index contributed by atoms with van der Waals surface area (Å²) in [5.74, 6) is -2.37. The Labute approximate surface area is 689 Å². The van der Waals surface area contributed by atoms with E-state index in [1.165, 1.54) is 0 Å². The highest BCUT2D eigenvalue weighted by Gasteiger charge is 2.48. The summed E-state index contributed by atoms with van der Waals surface area (Å²) in [5, 5.41) is 11.7. The number of ketones is 1. The topological polar surface area (TPSA) is 216 Å². The van der Waals surface area contributed by atoms with Crippen LogP contribution in [0.15, 0.2) is 182 Å². The number of amides is 7. The van der Waals surface area contributed by atoms with Crippen LogP contribution in [0.2, 0.25) is 0 Å². The number of hydrogen-bond acceptors (Lipinski definition) is 12. The Morgan fingerprint density at radius 2 is 0.669 bits per heavy atom.